The Balaban J connectivity index is 2.42. The number of aromatic nitrogens is 1. The molecule has 0 fully saturated rings. The fourth-order valence-corrected chi connectivity index (χ4v) is 2.73. The Hall–Kier alpha value is -0.550. The van der Waals surface area contributed by atoms with Crippen LogP contribution in [0.1, 0.15) is 37.9 Å². The molecule has 0 aromatic carbocycles. The molecule has 0 amide bonds. The second-order valence-electron chi connectivity index (χ2n) is 4.53. The number of nitrogens with zero attached hydrogens (tertiary/aromatic N) is 1. The van der Waals surface area contributed by atoms with Crippen LogP contribution in [0.25, 0.3) is 0 Å². The molecule has 5 heteroatoms. The first-order valence-electron chi connectivity index (χ1n) is 5.16. The van der Waals surface area contributed by atoms with Crippen molar-refractivity contribution in [1.29, 1.82) is 0 Å². The lowest BCUT2D eigenvalue weighted by atomic mass is 10.2. The molecule has 0 radical (unpaired) electrons. The Labute approximate surface area is 104 Å². The largest absolute Gasteiger partial charge is 0.481 e. The van der Waals surface area contributed by atoms with Crippen molar-refractivity contribution in [2.75, 3.05) is 0 Å². The van der Waals surface area contributed by atoms with Gasteiger partial charge in [-0.2, -0.15) is 0 Å². The van der Waals surface area contributed by atoms with E-state index in [0.29, 0.717) is 6.42 Å². The zero-order valence-electron chi connectivity index (χ0n) is 9.82. The summed E-state index contributed by atoms with van der Waals surface area (Å²) >= 11 is 3.47. The summed E-state index contributed by atoms with van der Waals surface area (Å²) in [6.07, 6.45) is 0.696. The minimum Gasteiger partial charge on any atom is -0.481 e. The monoisotopic (exact) mass is 259 g/mol. The van der Waals surface area contributed by atoms with E-state index < -0.39 is 5.97 Å². The Morgan fingerprint density at radius 3 is 2.81 bits per heavy atom. The maximum absolute atomic E-state index is 10.4. The molecule has 0 aliphatic rings. The fourth-order valence-electron chi connectivity index (χ4n) is 1.04. The smallest absolute Gasteiger partial charge is 0.303 e. The average Bonchev–Trinajstić information content (AvgIpc) is 2.58. The maximum Gasteiger partial charge on any atom is 0.303 e. The molecule has 1 aromatic rings. The lowest BCUT2D eigenvalue weighted by molar-refractivity contribution is -0.136. The van der Waals surface area contributed by atoms with Crippen molar-refractivity contribution in [3.05, 3.63) is 16.1 Å². The first-order chi connectivity index (χ1) is 7.37. The molecule has 0 saturated heterocycles. The molecule has 0 atom stereocenters. The highest BCUT2D eigenvalue weighted by molar-refractivity contribution is 7.99. The Morgan fingerprint density at radius 1 is 1.56 bits per heavy atom. The van der Waals surface area contributed by atoms with E-state index in [1.165, 1.54) is 0 Å². The predicted molar refractivity (Wildman–Crippen MR) is 69.1 cm³/mol. The van der Waals surface area contributed by atoms with E-state index in [2.05, 4.69) is 25.8 Å². The van der Waals surface area contributed by atoms with Crippen LogP contribution in [0.2, 0.25) is 0 Å². The van der Waals surface area contributed by atoms with Gasteiger partial charge >= 0.3 is 5.97 Å². The SMILES string of the molecule is CC(C)(C)SCc1nc(CCC(=O)O)cs1. The van der Waals surface area contributed by atoms with Crippen molar-refractivity contribution >= 4 is 29.1 Å². The van der Waals surface area contributed by atoms with Crippen molar-refractivity contribution in [2.24, 2.45) is 0 Å². The van der Waals surface area contributed by atoms with E-state index in [-0.39, 0.29) is 11.2 Å². The third-order valence-electron chi connectivity index (χ3n) is 1.82. The van der Waals surface area contributed by atoms with Crippen LogP contribution in [-0.2, 0) is 17.0 Å². The van der Waals surface area contributed by atoms with Crippen LogP contribution in [0.4, 0.5) is 0 Å². The number of hydrogen-bond acceptors (Lipinski definition) is 4. The van der Waals surface area contributed by atoms with Gasteiger partial charge in [0, 0.05) is 22.3 Å². The standard InChI is InChI=1S/C11H17NO2S2/c1-11(2,3)16-7-9-12-8(6-15-9)4-5-10(13)14/h6H,4-5,7H2,1-3H3,(H,13,14). The van der Waals surface area contributed by atoms with E-state index in [9.17, 15) is 4.79 Å². The van der Waals surface area contributed by atoms with Crippen molar-refractivity contribution in [2.45, 2.75) is 44.1 Å². The van der Waals surface area contributed by atoms with Gasteiger partial charge in [0.25, 0.3) is 0 Å². The van der Waals surface area contributed by atoms with E-state index in [0.717, 1.165) is 16.5 Å². The van der Waals surface area contributed by atoms with Crippen molar-refractivity contribution in [3.63, 3.8) is 0 Å². The van der Waals surface area contributed by atoms with E-state index in [1.807, 2.05) is 17.1 Å². The number of hydrogen-bond donors (Lipinski definition) is 1. The number of carboxylic acid groups (broad SMARTS) is 1. The van der Waals surface area contributed by atoms with Gasteiger partial charge in [-0.25, -0.2) is 4.98 Å². The Kier molecular flexibility index (Phi) is 4.80. The summed E-state index contributed by atoms with van der Waals surface area (Å²) < 4.78 is 0.243. The first kappa shape index (κ1) is 13.5. The molecular weight excluding hydrogens is 242 g/mol. The second kappa shape index (κ2) is 5.68. The lowest BCUT2D eigenvalue weighted by Gasteiger charge is -2.16. The number of carbonyl (C=O) groups is 1. The summed E-state index contributed by atoms with van der Waals surface area (Å²) in [6.45, 7) is 6.53. The second-order valence-corrected chi connectivity index (χ2v) is 7.27. The zero-order valence-corrected chi connectivity index (χ0v) is 11.5. The van der Waals surface area contributed by atoms with Gasteiger partial charge in [-0.3, -0.25) is 4.79 Å². The predicted octanol–water partition coefficient (Wildman–Crippen LogP) is 3.19. The van der Waals surface area contributed by atoms with Crippen LogP contribution in [0.3, 0.4) is 0 Å². The average molecular weight is 259 g/mol. The molecule has 0 unspecified atom stereocenters. The van der Waals surface area contributed by atoms with Crippen LogP contribution in [-0.4, -0.2) is 20.8 Å². The normalized spacial score (nSPS) is 11.7. The lowest BCUT2D eigenvalue weighted by Crippen LogP contribution is -2.07. The highest BCUT2D eigenvalue weighted by Gasteiger charge is 2.12. The summed E-state index contributed by atoms with van der Waals surface area (Å²) in [4.78, 5) is 14.8. The summed E-state index contributed by atoms with van der Waals surface area (Å²) in [5.41, 5.74) is 0.900. The fraction of sp³-hybridized carbons (Fsp3) is 0.636. The minimum absolute atomic E-state index is 0.162. The Bertz CT molecular complexity index is 355. The minimum atomic E-state index is -0.765. The van der Waals surface area contributed by atoms with E-state index in [1.54, 1.807) is 11.3 Å². The molecule has 0 aliphatic heterocycles. The van der Waals surface area contributed by atoms with Crippen LogP contribution >= 0.6 is 23.1 Å². The number of aryl methyl sites for hydroxylation is 1. The van der Waals surface area contributed by atoms with Gasteiger partial charge in [0.2, 0.25) is 0 Å². The molecular formula is C11H17NO2S2. The van der Waals surface area contributed by atoms with Gasteiger partial charge in [0.05, 0.1) is 12.1 Å². The highest BCUT2D eigenvalue weighted by atomic mass is 32.2. The van der Waals surface area contributed by atoms with Crippen LogP contribution in [0.5, 0.6) is 0 Å². The number of thiazole rings is 1. The van der Waals surface area contributed by atoms with Crippen molar-refractivity contribution in [1.82, 2.24) is 4.98 Å². The summed E-state index contributed by atoms with van der Waals surface area (Å²) in [7, 11) is 0. The van der Waals surface area contributed by atoms with E-state index in [4.69, 9.17) is 5.11 Å². The molecule has 0 spiro atoms. The molecule has 90 valence electrons. The first-order valence-corrected chi connectivity index (χ1v) is 7.02. The molecule has 1 heterocycles. The Morgan fingerprint density at radius 2 is 2.25 bits per heavy atom. The topological polar surface area (TPSA) is 50.2 Å². The molecule has 16 heavy (non-hydrogen) atoms. The van der Waals surface area contributed by atoms with Gasteiger partial charge in [0.15, 0.2) is 0 Å². The van der Waals surface area contributed by atoms with Crippen LogP contribution in [0.15, 0.2) is 5.38 Å². The van der Waals surface area contributed by atoms with Gasteiger partial charge in [-0.05, 0) is 0 Å². The number of rotatable bonds is 5. The summed E-state index contributed by atoms with van der Waals surface area (Å²) in [6, 6.07) is 0. The molecule has 1 rings (SSSR count). The number of thioether (sulfide) groups is 1. The molecule has 3 nitrogen and oxygen atoms in total. The quantitative estimate of drug-likeness (QED) is 0.882. The molecule has 1 N–H and O–H groups in total. The van der Waals surface area contributed by atoms with Crippen molar-refractivity contribution in [3.8, 4) is 0 Å². The van der Waals surface area contributed by atoms with Crippen molar-refractivity contribution < 1.29 is 9.90 Å². The molecule has 0 bridgehead atoms. The third-order valence-corrected chi connectivity index (χ3v) is 4.19. The van der Waals surface area contributed by atoms with Gasteiger partial charge < -0.3 is 5.11 Å². The summed E-state index contributed by atoms with van der Waals surface area (Å²) in [5.74, 6) is 0.139. The highest BCUT2D eigenvalue weighted by Crippen LogP contribution is 2.28. The van der Waals surface area contributed by atoms with Gasteiger partial charge in [-0.15, -0.1) is 23.1 Å². The summed E-state index contributed by atoms with van der Waals surface area (Å²) in [5, 5.41) is 11.6. The molecule has 0 saturated carbocycles. The van der Waals surface area contributed by atoms with Gasteiger partial charge in [-0.1, -0.05) is 20.8 Å². The van der Waals surface area contributed by atoms with E-state index >= 15 is 0 Å². The molecule has 1 aromatic heterocycles. The number of carboxylic acids is 1. The number of aliphatic carboxylic acids is 1. The van der Waals surface area contributed by atoms with Crippen LogP contribution < -0.4 is 0 Å². The van der Waals surface area contributed by atoms with Crippen LogP contribution in [0, 0.1) is 0 Å². The molecule has 0 aliphatic carbocycles. The zero-order chi connectivity index (χ0) is 12.2. The maximum atomic E-state index is 10.4. The third kappa shape index (κ3) is 5.51. The van der Waals surface area contributed by atoms with Gasteiger partial charge in [0.1, 0.15) is 5.01 Å².